The molecule has 0 aromatic heterocycles. The fraction of sp³-hybridized carbons (Fsp3) is 0.486. The quantitative estimate of drug-likeness (QED) is 0.263. The number of nitrogens with zero attached hydrogens (tertiary/aromatic N) is 1. The summed E-state index contributed by atoms with van der Waals surface area (Å²) >= 11 is 0. The summed E-state index contributed by atoms with van der Waals surface area (Å²) in [6, 6.07) is 9.49. The minimum atomic E-state index is -1.80. The van der Waals surface area contributed by atoms with E-state index in [1.54, 1.807) is 50.2 Å². The molecule has 50 heavy (non-hydrogen) atoms. The molecule has 13 heteroatoms. The van der Waals surface area contributed by atoms with Crippen molar-refractivity contribution in [1.82, 2.24) is 15.5 Å². The van der Waals surface area contributed by atoms with E-state index in [9.17, 15) is 29.1 Å². The van der Waals surface area contributed by atoms with Crippen LogP contribution in [0, 0.1) is 11.8 Å². The fourth-order valence-corrected chi connectivity index (χ4v) is 6.62. The van der Waals surface area contributed by atoms with Crippen molar-refractivity contribution in [2.75, 3.05) is 19.5 Å². The number of aromatic hydroxyl groups is 1. The van der Waals surface area contributed by atoms with Crippen molar-refractivity contribution in [3.05, 3.63) is 71.3 Å². The molecule has 4 amide bonds. The van der Waals surface area contributed by atoms with Crippen LogP contribution < -0.4 is 16.0 Å². The number of phenols is 1. The molecule has 4 N–H and O–H groups in total. The molecule has 0 saturated heterocycles. The van der Waals surface area contributed by atoms with Gasteiger partial charge >= 0.3 is 12.1 Å². The number of carbonyl (C=O) groups is 5. The van der Waals surface area contributed by atoms with Crippen LogP contribution in [0.25, 0.3) is 0 Å². The molecule has 2 aliphatic heterocycles. The highest BCUT2D eigenvalue weighted by Gasteiger charge is 2.48. The van der Waals surface area contributed by atoms with Crippen molar-refractivity contribution in [2.45, 2.75) is 90.3 Å². The molecule has 0 aliphatic carbocycles. The Kier molecular flexibility index (Phi) is 12.3. The number of phenolic OH excluding ortho intramolecular Hbond substituents is 1. The molecule has 0 saturated carbocycles. The second-order valence-electron chi connectivity index (χ2n) is 13.4. The van der Waals surface area contributed by atoms with Crippen molar-refractivity contribution in [1.29, 1.82) is 0 Å². The van der Waals surface area contributed by atoms with E-state index < -0.39 is 59.8 Å². The first-order valence-corrected chi connectivity index (χ1v) is 16.8. The van der Waals surface area contributed by atoms with Gasteiger partial charge in [0.05, 0.1) is 24.3 Å². The zero-order valence-corrected chi connectivity index (χ0v) is 29.6. The lowest BCUT2D eigenvalue weighted by Gasteiger charge is -2.41. The van der Waals surface area contributed by atoms with E-state index in [0.29, 0.717) is 29.7 Å². The minimum absolute atomic E-state index is 0.00768. The Morgan fingerprint density at radius 3 is 2.30 bits per heavy atom. The number of allylic oxidation sites excluding steroid dienone is 2. The number of methoxy groups -OCH3 is 1. The van der Waals surface area contributed by atoms with Crippen LogP contribution in [0.2, 0.25) is 0 Å². The van der Waals surface area contributed by atoms with Gasteiger partial charge in [-0.05, 0) is 63.3 Å². The van der Waals surface area contributed by atoms with Crippen LogP contribution in [0.4, 0.5) is 10.5 Å². The number of hydrogen-bond donors (Lipinski definition) is 4. The van der Waals surface area contributed by atoms with E-state index >= 15 is 0 Å². The van der Waals surface area contributed by atoms with Crippen molar-refractivity contribution < 1.29 is 43.3 Å². The number of para-hydroxylation sites is 1. The Labute approximate surface area is 292 Å². The summed E-state index contributed by atoms with van der Waals surface area (Å²) in [6.45, 7) is 9.04. The number of rotatable bonds is 4. The summed E-state index contributed by atoms with van der Waals surface area (Å²) in [4.78, 5) is 68.9. The average molecular weight is 693 g/mol. The van der Waals surface area contributed by atoms with Crippen molar-refractivity contribution >= 4 is 35.5 Å². The van der Waals surface area contributed by atoms with E-state index in [-0.39, 0.29) is 30.4 Å². The van der Waals surface area contributed by atoms with Crippen LogP contribution in [-0.2, 0) is 39.2 Å². The molecule has 2 aromatic rings. The van der Waals surface area contributed by atoms with Crippen LogP contribution in [0.3, 0.4) is 0 Å². The highest BCUT2D eigenvalue weighted by molar-refractivity contribution is 5.93. The maximum absolute atomic E-state index is 14.4. The Hall–Kier alpha value is -4.91. The molecule has 0 spiro atoms. The molecule has 7 atom stereocenters. The molecule has 0 unspecified atom stereocenters. The highest BCUT2D eigenvalue weighted by atomic mass is 16.7. The SMILES string of the molecule is CO[C@@]1(C[C@@H]2C(=O)N[C@@H](c3ccc(O)cc3)CC(=O)O[C@@H](C)C[C@@H](C)/C=C(\C)C[C@H](C)C(=O)N[C@@H](C)C(=O)N2C)OC(=O)Nc2ccccc21. The van der Waals surface area contributed by atoms with Crippen molar-refractivity contribution in [3.63, 3.8) is 0 Å². The van der Waals surface area contributed by atoms with E-state index in [1.807, 2.05) is 19.9 Å². The monoisotopic (exact) mass is 692 g/mol. The number of fused-ring (bicyclic) bond motifs is 1. The zero-order chi connectivity index (χ0) is 36.7. The van der Waals surface area contributed by atoms with Crippen LogP contribution in [0.5, 0.6) is 5.75 Å². The number of cyclic esters (lactones) is 2. The van der Waals surface area contributed by atoms with Crippen molar-refractivity contribution in [3.8, 4) is 5.75 Å². The maximum atomic E-state index is 14.4. The molecule has 2 aromatic carbocycles. The van der Waals surface area contributed by atoms with Gasteiger partial charge in [-0.2, -0.15) is 0 Å². The summed E-state index contributed by atoms with van der Waals surface area (Å²) in [5.41, 5.74) is 2.31. The number of nitrogens with one attached hydrogen (secondary N) is 3. The van der Waals surface area contributed by atoms with E-state index in [0.717, 1.165) is 5.57 Å². The molecule has 0 radical (unpaired) electrons. The van der Waals surface area contributed by atoms with Crippen LogP contribution in [-0.4, -0.2) is 72.1 Å². The van der Waals surface area contributed by atoms with Crippen LogP contribution >= 0.6 is 0 Å². The first-order valence-electron chi connectivity index (χ1n) is 16.8. The Morgan fingerprint density at radius 2 is 1.62 bits per heavy atom. The Bertz CT molecular complexity index is 1610. The maximum Gasteiger partial charge on any atom is 0.414 e. The standard InChI is InChI=1S/C37H48N4O9/c1-21-16-22(2)18-24(4)49-32(43)19-30(26-12-14-27(42)15-13-26)39-34(45)31(41(6)35(46)25(5)38-33(44)23(3)17-21)20-37(48-7)28-10-8-9-11-29(28)40-36(47)50-37/h8-16,22-25,30-31,42H,17-20H2,1-7H3,(H,38,44)(H,39,45)(H,40,47)/b21-16+/t22-,23-,24-,25-,30+,31+,37-/m0/s1. The molecule has 2 heterocycles. The van der Waals surface area contributed by atoms with Gasteiger partial charge in [-0.3, -0.25) is 24.5 Å². The first-order chi connectivity index (χ1) is 23.6. The molecule has 13 nitrogen and oxygen atoms in total. The molecule has 4 rings (SSSR count). The molecular weight excluding hydrogens is 644 g/mol. The summed E-state index contributed by atoms with van der Waals surface area (Å²) in [5.74, 6) is -4.39. The number of esters is 1. The topological polar surface area (TPSA) is 173 Å². The number of anilines is 1. The smallest absolute Gasteiger partial charge is 0.414 e. The first kappa shape index (κ1) is 37.9. The van der Waals surface area contributed by atoms with Gasteiger partial charge in [0.2, 0.25) is 23.5 Å². The van der Waals surface area contributed by atoms with Crippen molar-refractivity contribution in [2.24, 2.45) is 11.8 Å². The molecular formula is C37H48N4O9. The predicted octanol–water partition coefficient (Wildman–Crippen LogP) is 4.67. The van der Waals surface area contributed by atoms with Gasteiger partial charge in [-0.1, -0.05) is 55.8 Å². The summed E-state index contributed by atoms with van der Waals surface area (Å²) < 4.78 is 17.3. The number of benzene rings is 2. The number of hydrogen-bond acceptors (Lipinski definition) is 9. The largest absolute Gasteiger partial charge is 0.508 e. The Balaban J connectivity index is 1.78. The van der Waals surface area contributed by atoms with Gasteiger partial charge in [0.15, 0.2) is 0 Å². The van der Waals surface area contributed by atoms with Gasteiger partial charge in [0, 0.05) is 32.1 Å². The molecule has 2 aliphatic rings. The van der Waals surface area contributed by atoms with Gasteiger partial charge in [-0.15, -0.1) is 0 Å². The highest BCUT2D eigenvalue weighted by Crippen LogP contribution is 2.41. The van der Waals surface area contributed by atoms with E-state index in [2.05, 4.69) is 16.0 Å². The lowest BCUT2D eigenvalue weighted by molar-refractivity contribution is -0.206. The fourth-order valence-electron chi connectivity index (χ4n) is 6.62. The lowest BCUT2D eigenvalue weighted by Crippen LogP contribution is -2.57. The third-order valence-corrected chi connectivity index (χ3v) is 9.13. The summed E-state index contributed by atoms with van der Waals surface area (Å²) in [6.07, 6.45) is 1.17. The van der Waals surface area contributed by atoms with Gasteiger partial charge in [0.25, 0.3) is 0 Å². The predicted molar refractivity (Wildman–Crippen MR) is 184 cm³/mol. The lowest BCUT2D eigenvalue weighted by atomic mass is 9.93. The van der Waals surface area contributed by atoms with Crippen LogP contribution in [0.15, 0.2) is 60.2 Å². The average Bonchev–Trinajstić information content (AvgIpc) is 3.05. The van der Waals surface area contributed by atoms with Gasteiger partial charge in [-0.25, -0.2) is 4.79 Å². The molecule has 0 bridgehead atoms. The third kappa shape index (κ3) is 9.20. The summed E-state index contributed by atoms with van der Waals surface area (Å²) in [5, 5.41) is 18.3. The Morgan fingerprint density at radius 1 is 0.940 bits per heavy atom. The molecule has 270 valence electrons. The van der Waals surface area contributed by atoms with E-state index in [1.165, 1.54) is 38.1 Å². The van der Waals surface area contributed by atoms with Crippen LogP contribution in [0.1, 0.15) is 77.5 Å². The zero-order valence-electron chi connectivity index (χ0n) is 29.6. The minimum Gasteiger partial charge on any atom is -0.508 e. The third-order valence-electron chi connectivity index (χ3n) is 9.13. The molecule has 0 fully saturated rings. The van der Waals surface area contributed by atoms with Gasteiger partial charge < -0.3 is 34.9 Å². The number of likely N-dealkylation sites (N-methyl/N-ethyl adjacent to an activating group) is 1. The number of carbonyl (C=O) groups excluding carboxylic acids is 5. The second kappa shape index (κ2) is 16.2. The second-order valence-corrected chi connectivity index (χ2v) is 13.4. The van der Waals surface area contributed by atoms with Gasteiger partial charge in [0.1, 0.15) is 17.8 Å². The summed E-state index contributed by atoms with van der Waals surface area (Å²) in [7, 11) is 2.75. The number of amides is 4. The number of ether oxygens (including phenoxy) is 3. The normalized spacial score (nSPS) is 30.1. The van der Waals surface area contributed by atoms with E-state index in [4.69, 9.17) is 14.2 Å².